The minimum absolute atomic E-state index is 0.0937. The van der Waals surface area contributed by atoms with Crippen molar-refractivity contribution >= 4 is 56.9 Å². The summed E-state index contributed by atoms with van der Waals surface area (Å²) in [6.07, 6.45) is 0.554. The predicted molar refractivity (Wildman–Crippen MR) is 154 cm³/mol. The summed E-state index contributed by atoms with van der Waals surface area (Å²) in [5, 5.41) is 10.8. The van der Waals surface area contributed by atoms with Gasteiger partial charge in [-0.1, -0.05) is 42.5 Å². The first-order valence-corrected chi connectivity index (χ1v) is 14.6. The van der Waals surface area contributed by atoms with E-state index in [0.29, 0.717) is 12.1 Å². The maximum absolute atomic E-state index is 13.4. The van der Waals surface area contributed by atoms with Crippen molar-refractivity contribution in [3.8, 4) is 0 Å². The van der Waals surface area contributed by atoms with E-state index in [1.54, 1.807) is 0 Å². The summed E-state index contributed by atoms with van der Waals surface area (Å²) in [6.45, 7) is -0.150. The number of carboxylic acid groups (broad SMARTS) is 1. The molecule has 0 unspecified atom stereocenters. The number of anilines is 1. The third kappa shape index (κ3) is 6.43. The fourth-order valence-corrected chi connectivity index (χ4v) is 6.97. The van der Waals surface area contributed by atoms with Gasteiger partial charge in [-0.15, -0.1) is 0 Å². The monoisotopic (exact) mass is 569 g/mol. The molecule has 1 saturated heterocycles. The summed E-state index contributed by atoms with van der Waals surface area (Å²) in [5.41, 5.74) is 1.49. The molecule has 3 aromatic rings. The molecule has 206 valence electrons. The van der Waals surface area contributed by atoms with Crippen molar-refractivity contribution in [3.05, 3.63) is 77.9 Å². The summed E-state index contributed by atoms with van der Waals surface area (Å²) in [6, 6.07) is 18.5. The second-order valence-corrected chi connectivity index (χ2v) is 12.4. The standard InChI is InChI=1S/C28H31N3O6S2/c1-29(18-26(32)30(2)22-12-10-21(11-13-22)28(34)35)27(33)25-16-23(38)17-31(25)39(36,37)15-14-20-8-5-7-19-6-3-4-9-24(19)20/h3-13,23,25,38H,14-18H2,1-2H3,(H,34,35)/t23-,25+/m1/s1. The molecule has 1 fully saturated rings. The van der Waals surface area contributed by atoms with Gasteiger partial charge < -0.3 is 14.9 Å². The van der Waals surface area contributed by atoms with Crippen molar-refractivity contribution in [3.63, 3.8) is 0 Å². The highest BCUT2D eigenvalue weighted by Gasteiger charge is 2.43. The highest BCUT2D eigenvalue weighted by Crippen LogP contribution is 2.28. The predicted octanol–water partition coefficient (Wildman–Crippen LogP) is 2.90. The quantitative estimate of drug-likeness (QED) is 0.383. The zero-order valence-corrected chi connectivity index (χ0v) is 23.4. The number of amides is 2. The molecule has 0 aliphatic carbocycles. The van der Waals surface area contributed by atoms with E-state index in [2.05, 4.69) is 12.6 Å². The van der Waals surface area contributed by atoms with Gasteiger partial charge in [0, 0.05) is 31.6 Å². The largest absolute Gasteiger partial charge is 0.478 e. The van der Waals surface area contributed by atoms with E-state index < -0.39 is 33.8 Å². The van der Waals surface area contributed by atoms with Crippen LogP contribution in [0.25, 0.3) is 10.8 Å². The molecule has 4 rings (SSSR count). The number of carbonyl (C=O) groups excluding carboxylic acids is 2. The Morgan fingerprint density at radius 2 is 1.67 bits per heavy atom. The number of aromatic carboxylic acids is 1. The number of rotatable bonds is 9. The molecule has 39 heavy (non-hydrogen) atoms. The average molecular weight is 570 g/mol. The Kier molecular flexibility index (Phi) is 8.63. The minimum atomic E-state index is -3.79. The van der Waals surface area contributed by atoms with E-state index >= 15 is 0 Å². The molecule has 0 spiro atoms. The van der Waals surface area contributed by atoms with Crippen LogP contribution in [0.5, 0.6) is 0 Å². The van der Waals surface area contributed by atoms with Crippen molar-refractivity contribution in [2.45, 2.75) is 24.1 Å². The third-order valence-corrected chi connectivity index (χ3v) is 9.22. The van der Waals surface area contributed by atoms with Gasteiger partial charge in [-0.25, -0.2) is 13.2 Å². The SMILES string of the molecule is CN(CC(=O)N(C)c1ccc(C(=O)O)cc1)C(=O)[C@@H]1C[C@@H](S)CN1S(=O)(=O)CCc1cccc2ccccc12. The smallest absolute Gasteiger partial charge is 0.335 e. The molecule has 3 aromatic carbocycles. The molecule has 11 heteroatoms. The Morgan fingerprint density at radius 1 is 1.00 bits per heavy atom. The van der Waals surface area contributed by atoms with E-state index in [9.17, 15) is 22.8 Å². The van der Waals surface area contributed by atoms with Crippen molar-refractivity contribution < 1.29 is 27.9 Å². The number of nitrogens with zero attached hydrogens (tertiary/aromatic N) is 3. The van der Waals surface area contributed by atoms with E-state index in [-0.39, 0.29) is 36.1 Å². The summed E-state index contributed by atoms with van der Waals surface area (Å²) in [5.74, 6) is -2.09. The molecule has 1 aliphatic heterocycles. The maximum Gasteiger partial charge on any atom is 0.335 e. The lowest BCUT2D eigenvalue weighted by Crippen LogP contribution is -2.49. The molecule has 0 radical (unpaired) electrons. The number of likely N-dealkylation sites (N-methyl/N-ethyl adjacent to an activating group) is 2. The second-order valence-electron chi connectivity index (χ2n) is 9.68. The Morgan fingerprint density at radius 3 is 2.36 bits per heavy atom. The Bertz CT molecular complexity index is 1490. The molecular weight excluding hydrogens is 538 g/mol. The van der Waals surface area contributed by atoms with Gasteiger partial charge in [0.25, 0.3) is 0 Å². The van der Waals surface area contributed by atoms with E-state index in [0.717, 1.165) is 16.3 Å². The van der Waals surface area contributed by atoms with Crippen LogP contribution < -0.4 is 4.90 Å². The second kappa shape index (κ2) is 11.8. The van der Waals surface area contributed by atoms with Crippen molar-refractivity contribution in [1.29, 1.82) is 0 Å². The molecule has 1 heterocycles. The first-order chi connectivity index (χ1) is 18.5. The lowest BCUT2D eigenvalue weighted by Gasteiger charge is -2.28. The fraction of sp³-hybridized carbons (Fsp3) is 0.321. The molecule has 0 aromatic heterocycles. The van der Waals surface area contributed by atoms with Crippen LogP contribution >= 0.6 is 12.6 Å². The van der Waals surface area contributed by atoms with Gasteiger partial charge in [-0.3, -0.25) is 9.59 Å². The summed E-state index contributed by atoms with van der Waals surface area (Å²) in [4.78, 5) is 39.9. The van der Waals surface area contributed by atoms with Gasteiger partial charge in [-0.05, 0) is 53.4 Å². The van der Waals surface area contributed by atoms with Gasteiger partial charge in [0.15, 0.2) is 0 Å². The summed E-state index contributed by atoms with van der Waals surface area (Å²) < 4.78 is 28.1. The fourth-order valence-electron chi connectivity index (χ4n) is 4.80. The van der Waals surface area contributed by atoms with Crippen molar-refractivity contribution in [2.75, 3.05) is 37.8 Å². The number of aryl methyl sites for hydroxylation is 1. The number of thiol groups is 1. The van der Waals surface area contributed by atoms with Crippen LogP contribution in [-0.4, -0.2) is 84.7 Å². The maximum atomic E-state index is 13.4. The number of carbonyl (C=O) groups is 3. The average Bonchev–Trinajstić information content (AvgIpc) is 3.33. The number of sulfonamides is 1. The van der Waals surface area contributed by atoms with Gasteiger partial charge in [0.05, 0.1) is 17.9 Å². The van der Waals surface area contributed by atoms with E-state index in [4.69, 9.17) is 5.11 Å². The molecule has 2 atom stereocenters. The Hall–Kier alpha value is -3.41. The number of carboxylic acids is 1. The van der Waals surface area contributed by atoms with Crippen molar-refractivity contribution in [1.82, 2.24) is 9.21 Å². The molecule has 1 aliphatic rings. The third-order valence-electron chi connectivity index (χ3n) is 7.01. The summed E-state index contributed by atoms with van der Waals surface area (Å²) >= 11 is 4.47. The molecule has 0 bridgehead atoms. The van der Waals surface area contributed by atoms with Crippen LogP contribution in [0, 0.1) is 0 Å². The highest BCUT2D eigenvalue weighted by molar-refractivity contribution is 7.89. The van der Waals surface area contributed by atoms with Crippen molar-refractivity contribution in [2.24, 2.45) is 0 Å². The van der Waals surface area contributed by atoms with Crippen LogP contribution in [-0.2, 0) is 26.0 Å². The zero-order chi connectivity index (χ0) is 28.3. The number of benzene rings is 3. The first kappa shape index (κ1) is 28.6. The topological polar surface area (TPSA) is 115 Å². The van der Waals surface area contributed by atoms with Gasteiger partial charge in [-0.2, -0.15) is 16.9 Å². The van der Waals surface area contributed by atoms with Crippen LogP contribution in [0.2, 0.25) is 0 Å². The van der Waals surface area contributed by atoms with E-state index in [1.807, 2.05) is 42.5 Å². The van der Waals surface area contributed by atoms with Crippen LogP contribution in [0.15, 0.2) is 66.7 Å². The molecule has 1 N–H and O–H groups in total. The first-order valence-electron chi connectivity index (χ1n) is 12.5. The number of fused-ring (bicyclic) bond motifs is 1. The molecule has 2 amide bonds. The molecular formula is C28H31N3O6S2. The van der Waals surface area contributed by atoms with Gasteiger partial charge in [0.2, 0.25) is 21.8 Å². The van der Waals surface area contributed by atoms with Crippen LogP contribution in [0.4, 0.5) is 5.69 Å². The molecule has 9 nitrogen and oxygen atoms in total. The number of hydrogen-bond acceptors (Lipinski definition) is 6. The zero-order valence-electron chi connectivity index (χ0n) is 21.7. The summed E-state index contributed by atoms with van der Waals surface area (Å²) in [7, 11) is -0.799. The molecule has 0 saturated carbocycles. The highest BCUT2D eigenvalue weighted by atomic mass is 32.2. The van der Waals surface area contributed by atoms with Crippen LogP contribution in [0.1, 0.15) is 22.3 Å². The van der Waals surface area contributed by atoms with Gasteiger partial charge in [0.1, 0.15) is 6.04 Å². The van der Waals surface area contributed by atoms with Crippen LogP contribution in [0.3, 0.4) is 0 Å². The van der Waals surface area contributed by atoms with Gasteiger partial charge >= 0.3 is 5.97 Å². The lowest BCUT2D eigenvalue weighted by atomic mass is 10.0. The lowest BCUT2D eigenvalue weighted by molar-refractivity contribution is -0.136. The Labute approximate surface area is 233 Å². The minimum Gasteiger partial charge on any atom is -0.478 e. The Balaban J connectivity index is 1.43. The normalized spacial score (nSPS) is 17.7. The van der Waals surface area contributed by atoms with E-state index in [1.165, 1.54) is 52.5 Å². The number of hydrogen-bond donors (Lipinski definition) is 2.